The van der Waals surface area contributed by atoms with Crippen LogP contribution in [0.5, 0.6) is 0 Å². The highest BCUT2D eigenvalue weighted by atomic mass is 32.2. The number of H-pyrrole nitrogens is 1. The number of carboxylic acid groups (broad SMARTS) is 1. The van der Waals surface area contributed by atoms with Gasteiger partial charge in [-0.05, 0) is 18.3 Å². The number of aromatic nitrogens is 2. The molecule has 1 aliphatic rings. The SMILES string of the molecule is CCc1ncc(S(=O)(=O)N2CCCC(C)(C)C2C(=O)O)[nH]1. The van der Waals surface area contributed by atoms with E-state index in [9.17, 15) is 18.3 Å². The number of imidazole rings is 1. The van der Waals surface area contributed by atoms with Crippen LogP contribution < -0.4 is 0 Å². The highest BCUT2D eigenvalue weighted by molar-refractivity contribution is 7.89. The van der Waals surface area contributed by atoms with Gasteiger partial charge in [0.1, 0.15) is 11.9 Å². The summed E-state index contributed by atoms with van der Waals surface area (Å²) in [7, 11) is -3.88. The molecule has 1 aliphatic heterocycles. The van der Waals surface area contributed by atoms with E-state index in [1.165, 1.54) is 6.20 Å². The Bertz CT molecular complexity index is 636. The van der Waals surface area contributed by atoms with Gasteiger partial charge < -0.3 is 10.1 Å². The predicted octanol–water partition coefficient (Wildman–Crippen LogP) is 1.24. The maximum Gasteiger partial charge on any atom is 0.322 e. The van der Waals surface area contributed by atoms with E-state index in [2.05, 4.69) is 9.97 Å². The summed E-state index contributed by atoms with van der Waals surface area (Å²) in [5, 5.41) is 9.44. The Morgan fingerprint density at radius 2 is 2.24 bits per heavy atom. The van der Waals surface area contributed by atoms with Gasteiger partial charge in [-0.2, -0.15) is 4.31 Å². The number of nitrogens with one attached hydrogen (secondary N) is 1. The monoisotopic (exact) mass is 315 g/mol. The fourth-order valence-corrected chi connectivity index (χ4v) is 4.55. The summed E-state index contributed by atoms with van der Waals surface area (Å²) in [6.07, 6.45) is 3.17. The van der Waals surface area contributed by atoms with Gasteiger partial charge in [-0.25, -0.2) is 13.4 Å². The topological polar surface area (TPSA) is 103 Å². The molecule has 0 saturated carbocycles. The Kier molecular flexibility index (Phi) is 4.12. The second-order valence-electron chi connectivity index (χ2n) is 6.00. The van der Waals surface area contributed by atoms with Gasteiger partial charge in [-0.15, -0.1) is 0 Å². The summed E-state index contributed by atoms with van der Waals surface area (Å²) in [6, 6.07) is -1.07. The maximum absolute atomic E-state index is 12.7. The fourth-order valence-electron chi connectivity index (χ4n) is 2.84. The van der Waals surface area contributed by atoms with Crippen LogP contribution >= 0.6 is 0 Å². The van der Waals surface area contributed by atoms with Crippen molar-refractivity contribution in [1.82, 2.24) is 14.3 Å². The number of carbonyl (C=O) groups is 1. The molecule has 0 bridgehead atoms. The number of nitrogens with zero attached hydrogens (tertiary/aromatic N) is 2. The number of carboxylic acids is 1. The van der Waals surface area contributed by atoms with Crippen molar-refractivity contribution in [3.63, 3.8) is 0 Å². The molecule has 8 heteroatoms. The molecule has 0 aliphatic carbocycles. The van der Waals surface area contributed by atoms with Crippen LogP contribution in [0.2, 0.25) is 0 Å². The third-order valence-electron chi connectivity index (χ3n) is 3.99. The van der Waals surface area contributed by atoms with Crippen molar-refractivity contribution >= 4 is 16.0 Å². The highest BCUT2D eigenvalue weighted by Gasteiger charge is 2.48. The molecule has 2 heterocycles. The zero-order valence-corrected chi connectivity index (χ0v) is 13.3. The van der Waals surface area contributed by atoms with E-state index in [0.717, 1.165) is 4.31 Å². The van der Waals surface area contributed by atoms with Gasteiger partial charge in [0.15, 0.2) is 5.03 Å². The Labute approximate surface area is 124 Å². The van der Waals surface area contributed by atoms with Crippen LogP contribution in [0, 0.1) is 5.41 Å². The lowest BCUT2D eigenvalue weighted by molar-refractivity contribution is -0.147. The number of piperidine rings is 1. The molecular formula is C13H21N3O4S. The molecule has 118 valence electrons. The predicted molar refractivity (Wildman–Crippen MR) is 76.3 cm³/mol. The first-order chi connectivity index (χ1) is 9.70. The van der Waals surface area contributed by atoms with Crippen molar-refractivity contribution in [3.8, 4) is 0 Å². The lowest BCUT2D eigenvalue weighted by Crippen LogP contribution is -2.56. The summed E-state index contributed by atoms with van der Waals surface area (Å²) in [4.78, 5) is 18.3. The van der Waals surface area contributed by atoms with E-state index in [0.29, 0.717) is 25.1 Å². The Morgan fingerprint density at radius 3 is 2.76 bits per heavy atom. The molecule has 1 atom stereocenters. The summed E-state index contributed by atoms with van der Waals surface area (Å²) < 4.78 is 26.5. The largest absolute Gasteiger partial charge is 0.480 e. The Morgan fingerprint density at radius 1 is 1.57 bits per heavy atom. The Balaban J connectivity index is 2.44. The first-order valence-electron chi connectivity index (χ1n) is 6.98. The van der Waals surface area contributed by atoms with E-state index in [1.54, 1.807) is 13.8 Å². The average Bonchev–Trinajstić information content (AvgIpc) is 2.86. The molecule has 0 aromatic carbocycles. The lowest BCUT2D eigenvalue weighted by Gasteiger charge is -2.42. The molecule has 1 aromatic heterocycles. The van der Waals surface area contributed by atoms with Gasteiger partial charge in [0.05, 0.1) is 6.20 Å². The number of hydrogen-bond donors (Lipinski definition) is 2. The summed E-state index contributed by atoms with van der Waals surface area (Å²) in [5.74, 6) is -0.546. The van der Waals surface area contributed by atoms with Crippen molar-refractivity contribution in [2.75, 3.05) is 6.54 Å². The second kappa shape index (κ2) is 5.42. The molecule has 7 nitrogen and oxygen atoms in total. The molecular weight excluding hydrogens is 294 g/mol. The van der Waals surface area contributed by atoms with Crippen LogP contribution in [0.3, 0.4) is 0 Å². The van der Waals surface area contributed by atoms with Crippen molar-refractivity contribution in [2.45, 2.75) is 51.1 Å². The third kappa shape index (κ3) is 2.82. The quantitative estimate of drug-likeness (QED) is 0.870. The Hall–Kier alpha value is -1.41. The molecule has 0 radical (unpaired) electrons. The second-order valence-corrected chi connectivity index (χ2v) is 7.86. The first-order valence-corrected chi connectivity index (χ1v) is 8.42. The van der Waals surface area contributed by atoms with E-state index in [1.807, 2.05) is 6.92 Å². The van der Waals surface area contributed by atoms with Crippen LogP contribution in [0.1, 0.15) is 39.4 Å². The van der Waals surface area contributed by atoms with Crippen molar-refractivity contribution in [3.05, 3.63) is 12.0 Å². The molecule has 1 unspecified atom stereocenters. The van der Waals surface area contributed by atoms with Crippen LogP contribution in [-0.2, 0) is 21.2 Å². The minimum Gasteiger partial charge on any atom is -0.480 e. The van der Waals surface area contributed by atoms with Crippen LogP contribution in [-0.4, -0.2) is 46.4 Å². The molecule has 1 fully saturated rings. The zero-order chi connectivity index (χ0) is 15.8. The number of aryl methyl sites for hydroxylation is 1. The number of aliphatic carboxylic acids is 1. The van der Waals surface area contributed by atoms with Gasteiger partial charge in [-0.3, -0.25) is 4.79 Å². The van der Waals surface area contributed by atoms with E-state index < -0.39 is 27.4 Å². The van der Waals surface area contributed by atoms with Crippen LogP contribution in [0.15, 0.2) is 11.2 Å². The van der Waals surface area contributed by atoms with Gasteiger partial charge in [0, 0.05) is 13.0 Å². The van der Waals surface area contributed by atoms with Gasteiger partial charge in [0.2, 0.25) is 0 Å². The van der Waals surface area contributed by atoms with Crippen molar-refractivity contribution in [1.29, 1.82) is 0 Å². The van der Waals surface area contributed by atoms with Crippen LogP contribution in [0.4, 0.5) is 0 Å². The molecule has 0 spiro atoms. The van der Waals surface area contributed by atoms with Gasteiger partial charge in [-0.1, -0.05) is 20.8 Å². The number of aromatic amines is 1. The van der Waals surface area contributed by atoms with Crippen LogP contribution in [0.25, 0.3) is 0 Å². The number of sulfonamides is 1. The highest BCUT2D eigenvalue weighted by Crippen LogP contribution is 2.37. The maximum atomic E-state index is 12.7. The summed E-state index contributed by atoms with van der Waals surface area (Å²) >= 11 is 0. The van der Waals surface area contributed by atoms with Crippen molar-refractivity contribution < 1.29 is 18.3 Å². The average molecular weight is 315 g/mol. The van der Waals surface area contributed by atoms with E-state index >= 15 is 0 Å². The standard InChI is InChI=1S/C13H21N3O4S/c1-4-9-14-8-10(15-9)21(19,20)16-7-5-6-13(2,3)11(16)12(17)18/h8,11H,4-7H2,1-3H3,(H,14,15)(H,17,18). The van der Waals surface area contributed by atoms with E-state index in [-0.39, 0.29) is 11.6 Å². The lowest BCUT2D eigenvalue weighted by atomic mass is 9.77. The van der Waals surface area contributed by atoms with Gasteiger partial charge in [0.25, 0.3) is 10.0 Å². The molecule has 1 saturated heterocycles. The molecule has 21 heavy (non-hydrogen) atoms. The first kappa shape index (κ1) is 16.0. The molecule has 1 aromatic rings. The molecule has 2 rings (SSSR count). The minimum absolute atomic E-state index is 0.0386. The molecule has 2 N–H and O–H groups in total. The summed E-state index contributed by atoms with van der Waals surface area (Å²) in [5.41, 5.74) is -0.606. The normalized spacial score (nSPS) is 23.1. The summed E-state index contributed by atoms with van der Waals surface area (Å²) in [6.45, 7) is 5.65. The fraction of sp³-hybridized carbons (Fsp3) is 0.692. The van der Waals surface area contributed by atoms with Gasteiger partial charge >= 0.3 is 5.97 Å². The minimum atomic E-state index is -3.88. The number of hydrogen-bond acceptors (Lipinski definition) is 4. The third-order valence-corrected chi connectivity index (χ3v) is 5.76. The van der Waals surface area contributed by atoms with E-state index in [4.69, 9.17) is 0 Å². The van der Waals surface area contributed by atoms with Crippen molar-refractivity contribution in [2.24, 2.45) is 5.41 Å². The smallest absolute Gasteiger partial charge is 0.322 e. The number of rotatable bonds is 4. The zero-order valence-electron chi connectivity index (χ0n) is 12.5. The molecule has 0 amide bonds.